The number of hydrogen-bond acceptors (Lipinski definition) is 5. The molecule has 1 aliphatic rings. The number of thiophene rings is 1. The fourth-order valence-electron chi connectivity index (χ4n) is 3.92. The van der Waals surface area contributed by atoms with Crippen LogP contribution in [0.15, 0.2) is 29.6 Å². The van der Waals surface area contributed by atoms with Gasteiger partial charge in [-0.1, -0.05) is 0 Å². The zero-order valence-electron chi connectivity index (χ0n) is 16.4. The zero-order valence-corrected chi connectivity index (χ0v) is 17.2. The van der Waals surface area contributed by atoms with Crippen LogP contribution < -0.4 is 4.90 Å². The Hall–Kier alpha value is -1.98. The Morgan fingerprint density at radius 2 is 1.96 bits per heavy atom. The van der Waals surface area contributed by atoms with Gasteiger partial charge in [-0.2, -0.15) is 0 Å². The van der Waals surface area contributed by atoms with Gasteiger partial charge in [-0.15, -0.1) is 11.3 Å². The second-order valence-electron chi connectivity index (χ2n) is 7.51. The Morgan fingerprint density at radius 3 is 2.74 bits per heavy atom. The van der Waals surface area contributed by atoms with Crippen LogP contribution in [-0.4, -0.2) is 30.2 Å². The highest BCUT2D eigenvalue weighted by Gasteiger charge is 2.21. The average Bonchev–Trinajstić information content (AvgIpc) is 3.14. The summed E-state index contributed by atoms with van der Waals surface area (Å²) in [6.45, 7) is 6.93. The molecule has 0 unspecified atom stereocenters. The molecule has 0 radical (unpaired) electrons. The van der Waals surface area contributed by atoms with Gasteiger partial charge in [0, 0.05) is 42.7 Å². The lowest BCUT2D eigenvalue weighted by Crippen LogP contribution is -2.34. The Kier molecular flexibility index (Phi) is 5.41. The SMILES string of the molecule is COCc1nc(CC2CCN(c3ccc4sccc4c3)CC2)nc(C)c1C. The molecule has 1 saturated heterocycles. The predicted octanol–water partition coefficient (Wildman–Crippen LogP) is 4.91. The molecular weight excluding hydrogens is 354 g/mol. The van der Waals surface area contributed by atoms with Crippen molar-refractivity contribution in [3.63, 3.8) is 0 Å². The maximum atomic E-state index is 5.30. The first-order chi connectivity index (χ1) is 13.1. The Labute approximate surface area is 165 Å². The first-order valence-electron chi connectivity index (χ1n) is 9.68. The van der Waals surface area contributed by atoms with Crippen LogP contribution in [0, 0.1) is 19.8 Å². The number of fused-ring (bicyclic) bond motifs is 1. The number of piperidine rings is 1. The van der Waals surface area contributed by atoms with Crippen LogP contribution in [-0.2, 0) is 17.8 Å². The molecule has 3 aromatic rings. The van der Waals surface area contributed by atoms with E-state index in [9.17, 15) is 0 Å². The van der Waals surface area contributed by atoms with Crippen LogP contribution in [0.3, 0.4) is 0 Å². The lowest BCUT2D eigenvalue weighted by molar-refractivity contribution is 0.180. The molecule has 0 amide bonds. The summed E-state index contributed by atoms with van der Waals surface area (Å²) >= 11 is 1.81. The number of aromatic nitrogens is 2. The van der Waals surface area contributed by atoms with Crippen LogP contribution in [0.2, 0.25) is 0 Å². The van der Waals surface area contributed by atoms with Crippen molar-refractivity contribution in [2.45, 2.75) is 39.7 Å². The Morgan fingerprint density at radius 1 is 1.15 bits per heavy atom. The van der Waals surface area contributed by atoms with Crippen molar-refractivity contribution in [3.05, 3.63) is 52.4 Å². The molecule has 3 heterocycles. The van der Waals surface area contributed by atoms with E-state index in [1.54, 1.807) is 7.11 Å². The molecule has 1 fully saturated rings. The fraction of sp³-hybridized carbons (Fsp3) is 0.455. The van der Waals surface area contributed by atoms with Gasteiger partial charge >= 0.3 is 0 Å². The molecule has 1 aromatic carbocycles. The summed E-state index contributed by atoms with van der Waals surface area (Å²) in [6.07, 6.45) is 3.35. The second kappa shape index (κ2) is 7.95. The molecule has 0 spiro atoms. The maximum absolute atomic E-state index is 5.30. The number of nitrogens with zero attached hydrogens (tertiary/aromatic N) is 3. The molecule has 4 rings (SSSR count). The van der Waals surface area contributed by atoms with Gasteiger partial charge in [-0.3, -0.25) is 0 Å². The van der Waals surface area contributed by atoms with E-state index < -0.39 is 0 Å². The standard InChI is InChI=1S/C22H27N3OS/c1-15-16(2)23-22(24-20(15)14-26-3)12-17-6-9-25(10-7-17)19-4-5-21-18(13-19)8-11-27-21/h4-5,8,11,13,17H,6-7,9-10,12,14H2,1-3H3. The van der Waals surface area contributed by atoms with E-state index in [4.69, 9.17) is 14.7 Å². The highest BCUT2D eigenvalue weighted by atomic mass is 32.1. The van der Waals surface area contributed by atoms with Gasteiger partial charge in [0.15, 0.2) is 0 Å². The van der Waals surface area contributed by atoms with E-state index in [1.165, 1.54) is 28.6 Å². The number of rotatable bonds is 5. The summed E-state index contributed by atoms with van der Waals surface area (Å²) in [5.74, 6) is 1.63. The van der Waals surface area contributed by atoms with Gasteiger partial charge in [0.2, 0.25) is 0 Å². The first kappa shape index (κ1) is 18.4. The molecule has 142 valence electrons. The second-order valence-corrected chi connectivity index (χ2v) is 8.45. The minimum absolute atomic E-state index is 0.561. The third kappa shape index (κ3) is 3.99. The van der Waals surface area contributed by atoms with Crippen molar-refractivity contribution in [2.75, 3.05) is 25.1 Å². The molecule has 1 aliphatic heterocycles. The summed E-state index contributed by atoms with van der Waals surface area (Å²) in [5, 5.41) is 3.52. The Bertz CT molecular complexity index is 928. The van der Waals surface area contributed by atoms with Gasteiger partial charge in [0.05, 0.1) is 12.3 Å². The maximum Gasteiger partial charge on any atom is 0.129 e. The topological polar surface area (TPSA) is 38.2 Å². The van der Waals surface area contributed by atoms with Gasteiger partial charge in [-0.25, -0.2) is 9.97 Å². The van der Waals surface area contributed by atoms with Crippen LogP contribution in [0.4, 0.5) is 5.69 Å². The minimum atomic E-state index is 0.561. The van der Waals surface area contributed by atoms with Gasteiger partial charge < -0.3 is 9.64 Å². The molecule has 2 aromatic heterocycles. The third-order valence-electron chi connectivity index (χ3n) is 5.70. The first-order valence-corrected chi connectivity index (χ1v) is 10.6. The number of methoxy groups -OCH3 is 1. The highest BCUT2D eigenvalue weighted by Crippen LogP contribution is 2.29. The van der Waals surface area contributed by atoms with E-state index >= 15 is 0 Å². The molecular formula is C22H27N3OS. The summed E-state index contributed by atoms with van der Waals surface area (Å²) in [5.41, 5.74) is 4.61. The summed E-state index contributed by atoms with van der Waals surface area (Å²) in [6, 6.07) is 9.06. The van der Waals surface area contributed by atoms with Gasteiger partial charge in [0.25, 0.3) is 0 Å². The van der Waals surface area contributed by atoms with E-state index in [0.717, 1.165) is 42.3 Å². The number of benzene rings is 1. The van der Waals surface area contributed by atoms with Crippen LogP contribution in [0.5, 0.6) is 0 Å². The lowest BCUT2D eigenvalue weighted by atomic mass is 9.92. The van der Waals surface area contributed by atoms with Crippen molar-refractivity contribution in [1.29, 1.82) is 0 Å². The van der Waals surface area contributed by atoms with Crippen LogP contribution in [0.25, 0.3) is 10.1 Å². The predicted molar refractivity (Wildman–Crippen MR) is 113 cm³/mol. The lowest BCUT2D eigenvalue weighted by Gasteiger charge is -2.33. The number of hydrogen-bond donors (Lipinski definition) is 0. The third-order valence-corrected chi connectivity index (χ3v) is 6.60. The fourth-order valence-corrected chi connectivity index (χ4v) is 4.69. The smallest absolute Gasteiger partial charge is 0.129 e. The van der Waals surface area contributed by atoms with Crippen LogP contribution >= 0.6 is 11.3 Å². The van der Waals surface area contributed by atoms with E-state index in [-0.39, 0.29) is 0 Å². The normalized spacial score (nSPS) is 15.6. The van der Waals surface area contributed by atoms with E-state index in [2.05, 4.69) is 48.4 Å². The van der Waals surface area contributed by atoms with Gasteiger partial charge in [0.1, 0.15) is 5.82 Å². The number of anilines is 1. The van der Waals surface area contributed by atoms with Gasteiger partial charge in [-0.05, 0) is 73.2 Å². The highest BCUT2D eigenvalue weighted by molar-refractivity contribution is 7.17. The summed E-state index contributed by atoms with van der Waals surface area (Å²) < 4.78 is 6.67. The van der Waals surface area contributed by atoms with Crippen molar-refractivity contribution >= 4 is 27.1 Å². The molecule has 0 saturated carbocycles. The molecule has 4 nitrogen and oxygen atoms in total. The summed E-state index contributed by atoms with van der Waals surface area (Å²) in [4.78, 5) is 12.0. The van der Waals surface area contributed by atoms with E-state index in [0.29, 0.717) is 12.5 Å². The monoisotopic (exact) mass is 381 g/mol. The zero-order chi connectivity index (χ0) is 18.8. The molecule has 0 bridgehead atoms. The largest absolute Gasteiger partial charge is 0.378 e. The number of aryl methyl sites for hydroxylation is 1. The molecule has 0 N–H and O–H groups in total. The van der Waals surface area contributed by atoms with Crippen molar-refractivity contribution in [3.8, 4) is 0 Å². The van der Waals surface area contributed by atoms with Crippen molar-refractivity contribution < 1.29 is 4.74 Å². The van der Waals surface area contributed by atoms with Crippen molar-refractivity contribution in [2.24, 2.45) is 5.92 Å². The quantitative estimate of drug-likeness (QED) is 0.629. The Balaban J connectivity index is 1.40. The van der Waals surface area contributed by atoms with Crippen molar-refractivity contribution in [1.82, 2.24) is 9.97 Å². The number of ether oxygens (including phenoxy) is 1. The molecule has 5 heteroatoms. The molecule has 0 aliphatic carbocycles. The molecule has 0 atom stereocenters. The summed E-state index contributed by atoms with van der Waals surface area (Å²) in [7, 11) is 1.72. The van der Waals surface area contributed by atoms with E-state index in [1.807, 2.05) is 11.3 Å². The minimum Gasteiger partial charge on any atom is -0.378 e. The molecule has 27 heavy (non-hydrogen) atoms. The van der Waals surface area contributed by atoms with Crippen LogP contribution in [0.1, 0.15) is 35.6 Å². The average molecular weight is 382 g/mol.